The summed E-state index contributed by atoms with van der Waals surface area (Å²) in [7, 11) is 0. The first kappa shape index (κ1) is 20.7. The minimum atomic E-state index is -1.07. The van der Waals surface area contributed by atoms with Crippen LogP contribution in [0.3, 0.4) is 0 Å². The fourth-order valence-corrected chi connectivity index (χ4v) is 4.11. The van der Waals surface area contributed by atoms with Crippen molar-refractivity contribution in [3.05, 3.63) is 95.1 Å². The van der Waals surface area contributed by atoms with Gasteiger partial charge in [0.25, 0.3) is 0 Å². The maximum absolute atomic E-state index is 12.4. The highest BCUT2D eigenvalue weighted by Crippen LogP contribution is 2.44. The molecule has 3 aromatic carbocycles. The molecule has 1 unspecified atom stereocenters. The smallest absolute Gasteiger partial charge is 0.407 e. The Morgan fingerprint density at radius 2 is 1.52 bits per heavy atom. The average molecular weight is 415 g/mol. The zero-order chi connectivity index (χ0) is 21.8. The van der Waals surface area contributed by atoms with Crippen LogP contribution in [0.4, 0.5) is 4.79 Å². The summed E-state index contributed by atoms with van der Waals surface area (Å²) in [6.45, 7) is 2.16. The van der Waals surface area contributed by atoms with Crippen LogP contribution in [0, 0.1) is 6.92 Å². The van der Waals surface area contributed by atoms with Crippen LogP contribution < -0.4 is 5.32 Å². The van der Waals surface area contributed by atoms with E-state index < -0.39 is 18.1 Å². The van der Waals surface area contributed by atoms with Crippen molar-refractivity contribution in [3.8, 4) is 11.1 Å². The molecule has 0 heterocycles. The van der Waals surface area contributed by atoms with Crippen molar-refractivity contribution in [1.82, 2.24) is 5.32 Å². The molecule has 4 rings (SSSR count). The molecular weight excluding hydrogens is 390 g/mol. The van der Waals surface area contributed by atoms with Crippen LogP contribution in [-0.4, -0.2) is 29.8 Å². The Labute approximate surface area is 181 Å². The molecule has 31 heavy (non-hydrogen) atoms. The number of hydrogen-bond donors (Lipinski definition) is 2. The van der Waals surface area contributed by atoms with Gasteiger partial charge >= 0.3 is 12.1 Å². The summed E-state index contributed by atoms with van der Waals surface area (Å²) >= 11 is 0. The molecule has 0 saturated carbocycles. The summed E-state index contributed by atoms with van der Waals surface area (Å²) in [4.78, 5) is 24.0. The molecule has 5 nitrogen and oxygen atoms in total. The topological polar surface area (TPSA) is 75.6 Å². The van der Waals surface area contributed by atoms with Crippen molar-refractivity contribution in [2.24, 2.45) is 0 Å². The van der Waals surface area contributed by atoms with Crippen LogP contribution in [0.5, 0.6) is 0 Å². The summed E-state index contributed by atoms with van der Waals surface area (Å²) in [6, 6.07) is 23.1. The fraction of sp³-hybridized carbons (Fsp3) is 0.231. The molecule has 0 spiro atoms. The van der Waals surface area contributed by atoms with E-state index in [4.69, 9.17) is 4.74 Å². The predicted octanol–water partition coefficient (Wildman–Crippen LogP) is 4.92. The number of rotatable bonds is 7. The highest BCUT2D eigenvalue weighted by atomic mass is 16.5. The summed E-state index contributed by atoms with van der Waals surface area (Å²) < 4.78 is 5.47. The number of nitrogens with one attached hydrogen (secondary N) is 1. The quantitative estimate of drug-likeness (QED) is 0.574. The van der Waals surface area contributed by atoms with E-state index in [-0.39, 0.29) is 12.5 Å². The number of amides is 1. The number of fused-ring (bicyclic) bond motifs is 3. The van der Waals surface area contributed by atoms with Crippen molar-refractivity contribution >= 4 is 12.1 Å². The number of carboxylic acid groups (broad SMARTS) is 1. The van der Waals surface area contributed by atoms with Gasteiger partial charge < -0.3 is 15.2 Å². The van der Waals surface area contributed by atoms with Gasteiger partial charge in [-0.05, 0) is 47.6 Å². The molecule has 1 aliphatic carbocycles. The normalized spacial score (nSPS) is 13.2. The number of ether oxygens (including phenoxy) is 1. The Morgan fingerprint density at radius 1 is 0.935 bits per heavy atom. The molecule has 3 aromatic rings. The van der Waals surface area contributed by atoms with Gasteiger partial charge in [0.1, 0.15) is 12.6 Å². The maximum atomic E-state index is 12.4. The van der Waals surface area contributed by atoms with E-state index in [0.29, 0.717) is 12.8 Å². The Bertz CT molecular complexity index is 1050. The molecule has 0 aromatic heterocycles. The van der Waals surface area contributed by atoms with E-state index in [9.17, 15) is 14.7 Å². The number of carbonyl (C=O) groups is 2. The maximum Gasteiger partial charge on any atom is 0.407 e. The SMILES string of the molecule is Cc1ccc(CCC(NC(=O)OCC2c3ccccc3-c3ccccc32)C(=O)O)cc1. The predicted molar refractivity (Wildman–Crippen MR) is 119 cm³/mol. The zero-order valence-corrected chi connectivity index (χ0v) is 17.4. The first-order valence-corrected chi connectivity index (χ1v) is 10.4. The third-order valence-electron chi connectivity index (χ3n) is 5.78. The molecular formula is C26H25NO4. The molecule has 158 valence electrons. The average Bonchev–Trinajstić information content (AvgIpc) is 3.10. The van der Waals surface area contributed by atoms with Crippen LogP contribution >= 0.6 is 0 Å². The third-order valence-corrected chi connectivity index (χ3v) is 5.78. The lowest BCUT2D eigenvalue weighted by molar-refractivity contribution is -0.139. The van der Waals surface area contributed by atoms with Crippen LogP contribution in [0.1, 0.15) is 34.6 Å². The molecule has 0 fully saturated rings. The Balaban J connectivity index is 1.38. The lowest BCUT2D eigenvalue weighted by atomic mass is 9.98. The molecule has 5 heteroatoms. The summed E-state index contributed by atoms with van der Waals surface area (Å²) in [5.74, 6) is -1.13. The van der Waals surface area contributed by atoms with Crippen molar-refractivity contribution in [2.75, 3.05) is 6.61 Å². The number of hydrogen-bond acceptors (Lipinski definition) is 3. The third kappa shape index (κ3) is 4.61. The van der Waals surface area contributed by atoms with Crippen molar-refractivity contribution < 1.29 is 19.4 Å². The molecule has 1 amide bonds. The summed E-state index contributed by atoms with van der Waals surface area (Å²) in [6.07, 6.45) is 0.141. The molecule has 0 bridgehead atoms. The minimum absolute atomic E-state index is 0.0611. The Morgan fingerprint density at radius 3 is 2.10 bits per heavy atom. The van der Waals surface area contributed by atoms with Gasteiger partial charge in [0.2, 0.25) is 0 Å². The van der Waals surface area contributed by atoms with Gasteiger partial charge in [-0.15, -0.1) is 0 Å². The Kier molecular flexibility index (Phi) is 6.03. The Hall–Kier alpha value is -3.60. The molecule has 1 atom stereocenters. The number of aliphatic carboxylic acids is 1. The van der Waals surface area contributed by atoms with Crippen molar-refractivity contribution in [1.29, 1.82) is 0 Å². The molecule has 0 radical (unpaired) electrons. The van der Waals surface area contributed by atoms with E-state index in [1.165, 1.54) is 0 Å². The molecule has 2 N–H and O–H groups in total. The van der Waals surface area contributed by atoms with Gasteiger partial charge in [0, 0.05) is 5.92 Å². The lowest BCUT2D eigenvalue weighted by Crippen LogP contribution is -2.41. The monoisotopic (exact) mass is 415 g/mol. The van der Waals surface area contributed by atoms with Gasteiger partial charge in [0.05, 0.1) is 0 Å². The number of carbonyl (C=O) groups excluding carboxylic acids is 1. The minimum Gasteiger partial charge on any atom is -0.480 e. The number of benzene rings is 3. The lowest BCUT2D eigenvalue weighted by Gasteiger charge is -2.17. The van der Waals surface area contributed by atoms with Crippen LogP contribution in [0.25, 0.3) is 11.1 Å². The second kappa shape index (κ2) is 9.04. The van der Waals surface area contributed by atoms with Crippen LogP contribution in [-0.2, 0) is 16.0 Å². The zero-order valence-electron chi connectivity index (χ0n) is 17.4. The highest BCUT2D eigenvalue weighted by molar-refractivity contribution is 5.81. The first-order valence-electron chi connectivity index (χ1n) is 10.4. The molecule has 0 saturated heterocycles. The fourth-order valence-electron chi connectivity index (χ4n) is 4.11. The molecule has 0 aliphatic heterocycles. The van der Waals surface area contributed by atoms with Gasteiger partial charge in [-0.1, -0.05) is 78.4 Å². The van der Waals surface area contributed by atoms with Crippen molar-refractivity contribution in [2.45, 2.75) is 31.7 Å². The van der Waals surface area contributed by atoms with Crippen molar-refractivity contribution in [3.63, 3.8) is 0 Å². The molecule has 1 aliphatic rings. The standard InChI is InChI=1S/C26H25NO4/c1-17-10-12-18(13-11-17)14-15-24(25(28)29)27-26(30)31-16-23-21-8-4-2-6-19(21)20-7-3-5-9-22(20)23/h2-13,23-24H,14-16H2,1H3,(H,27,30)(H,28,29). The van der Waals surface area contributed by atoms with E-state index in [2.05, 4.69) is 17.4 Å². The number of alkyl carbamates (subject to hydrolysis) is 1. The first-order chi connectivity index (χ1) is 15.0. The van der Waals surface area contributed by atoms with E-state index in [1.54, 1.807) is 0 Å². The van der Waals surface area contributed by atoms with Gasteiger partial charge in [0.15, 0.2) is 0 Å². The second-order valence-corrected chi connectivity index (χ2v) is 7.88. The van der Waals surface area contributed by atoms with Gasteiger partial charge in [-0.2, -0.15) is 0 Å². The second-order valence-electron chi connectivity index (χ2n) is 7.88. The summed E-state index contributed by atoms with van der Waals surface area (Å²) in [5.41, 5.74) is 6.71. The van der Waals surface area contributed by atoms with Gasteiger partial charge in [-0.25, -0.2) is 9.59 Å². The van der Waals surface area contributed by atoms with E-state index in [0.717, 1.165) is 33.4 Å². The largest absolute Gasteiger partial charge is 0.480 e. The highest BCUT2D eigenvalue weighted by Gasteiger charge is 2.29. The number of carboxylic acids is 1. The van der Waals surface area contributed by atoms with Crippen LogP contribution in [0.2, 0.25) is 0 Å². The van der Waals surface area contributed by atoms with Crippen LogP contribution in [0.15, 0.2) is 72.8 Å². The number of aryl methyl sites for hydroxylation is 2. The van der Waals surface area contributed by atoms with Gasteiger partial charge in [-0.3, -0.25) is 0 Å². The van der Waals surface area contributed by atoms with E-state index in [1.807, 2.05) is 67.6 Å². The van der Waals surface area contributed by atoms with E-state index >= 15 is 0 Å². The summed E-state index contributed by atoms with van der Waals surface area (Å²) in [5, 5.41) is 12.0.